The van der Waals surface area contributed by atoms with Gasteiger partial charge >= 0.3 is 0 Å². The van der Waals surface area contributed by atoms with Crippen molar-refractivity contribution >= 4 is 11.9 Å². The van der Waals surface area contributed by atoms with Gasteiger partial charge in [-0.15, -0.1) is 0 Å². The molecule has 3 heterocycles. The van der Waals surface area contributed by atoms with E-state index in [0.717, 1.165) is 6.42 Å². The zero-order chi connectivity index (χ0) is 26.4. The van der Waals surface area contributed by atoms with Crippen LogP contribution in [0.1, 0.15) is 39.3 Å². The number of nitrogens with one attached hydrogen (secondary N) is 3. The van der Waals surface area contributed by atoms with Gasteiger partial charge in [0.2, 0.25) is 18.1 Å². The molecular weight excluding hydrogens is 479 g/mol. The van der Waals surface area contributed by atoms with Crippen molar-refractivity contribution in [1.82, 2.24) is 25.3 Å². The minimum atomic E-state index is -0.831. The first kappa shape index (κ1) is 26.6. The summed E-state index contributed by atoms with van der Waals surface area (Å²) in [6, 6.07) is 7.98. The van der Waals surface area contributed by atoms with Crippen molar-refractivity contribution in [2.45, 2.75) is 39.5 Å². The van der Waals surface area contributed by atoms with E-state index in [1.54, 1.807) is 38.4 Å². The predicted molar refractivity (Wildman–Crippen MR) is 136 cm³/mol. The van der Waals surface area contributed by atoms with Crippen LogP contribution in [0.2, 0.25) is 0 Å². The van der Waals surface area contributed by atoms with Crippen LogP contribution in [0.15, 0.2) is 36.5 Å². The number of nitrogens with zero attached hydrogens (tertiary/aromatic N) is 3. The third kappa shape index (κ3) is 6.48. The molecular formula is C26H33FN6O4. The van der Waals surface area contributed by atoms with E-state index >= 15 is 0 Å². The topological polar surface area (TPSA) is 123 Å². The maximum absolute atomic E-state index is 13.6. The second-order valence-corrected chi connectivity index (χ2v) is 9.53. The molecule has 11 heteroatoms. The number of anilines is 1. The van der Waals surface area contributed by atoms with Crippen LogP contribution in [-0.2, 0) is 19.0 Å². The molecule has 2 aromatic heterocycles. The number of halogens is 1. The minimum Gasteiger partial charge on any atom is -0.385 e. The van der Waals surface area contributed by atoms with Gasteiger partial charge in [-0.3, -0.25) is 4.79 Å². The molecule has 37 heavy (non-hydrogen) atoms. The first-order valence-corrected chi connectivity index (χ1v) is 12.3. The van der Waals surface area contributed by atoms with E-state index < -0.39 is 11.7 Å². The Morgan fingerprint density at radius 3 is 2.62 bits per heavy atom. The van der Waals surface area contributed by atoms with Gasteiger partial charge in [0, 0.05) is 38.1 Å². The largest absolute Gasteiger partial charge is 0.385 e. The summed E-state index contributed by atoms with van der Waals surface area (Å²) < 4.78 is 30.5. The number of ether oxygens (including phenoxy) is 3. The summed E-state index contributed by atoms with van der Waals surface area (Å²) in [5, 5.41) is 6.10. The Morgan fingerprint density at radius 1 is 1.22 bits per heavy atom. The Labute approximate surface area is 215 Å². The number of hydrogen-bond acceptors (Lipinski definition) is 8. The number of methoxy groups -OCH3 is 1. The van der Waals surface area contributed by atoms with Crippen LogP contribution in [0.3, 0.4) is 0 Å². The van der Waals surface area contributed by atoms with Gasteiger partial charge in [0.25, 0.3) is 0 Å². The fraction of sp³-hybridized carbons (Fsp3) is 0.462. The van der Waals surface area contributed by atoms with Gasteiger partial charge in [-0.1, -0.05) is 0 Å². The number of aromatic nitrogens is 4. The van der Waals surface area contributed by atoms with E-state index in [1.807, 2.05) is 13.8 Å². The molecule has 0 radical (unpaired) electrons. The lowest BCUT2D eigenvalue weighted by atomic mass is 9.91. The number of hydrogen-bond donors (Lipinski definition) is 3. The van der Waals surface area contributed by atoms with Crippen molar-refractivity contribution in [1.29, 1.82) is 0 Å². The Hall–Kier alpha value is -3.41. The molecule has 1 aliphatic heterocycles. The molecule has 0 spiro atoms. The van der Waals surface area contributed by atoms with Crippen LogP contribution >= 0.6 is 0 Å². The zero-order valence-electron chi connectivity index (χ0n) is 21.5. The summed E-state index contributed by atoms with van der Waals surface area (Å²) in [6.45, 7) is 7.21. The van der Waals surface area contributed by atoms with Gasteiger partial charge in [0.05, 0.1) is 35.7 Å². The highest BCUT2D eigenvalue weighted by Crippen LogP contribution is 2.35. The molecule has 4 rings (SSSR count). The summed E-state index contributed by atoms with van der Waals surface area (Å²) in [7, 11) is 1.62. The smallest absolute Gasteiger partial charge is 0.230 e. The average Bonchev–Trinajstić information content (AvgIpc) is 3.32. The first-order chi connectivity index (χ1) is 17.8. The van der Waals surface area contributed by atoms with Gasteiger partial charge in [-0.05, 0) is 57.5 Å². The molecule has 1 amide bonds. The average molecular weight is 513 g/mol. The predicted octanol–water partition coefficient (Wildman–Crippen LogP) is 3.70. The van der Waals surface area contributed by atoms with Gasteiger partial charge in [0.15, 0.2) is 5.82 Å². The summed E-state index contributed by atoms with van der Waals surface area (Å²) >= 11 is 0. The highest BCUT2D eigenvalue weighted by Gasteiger charge is 2.40. The van der Waals surface area contributed by atoms with E-state index in [2.05, 4.69) is 25.6 Å². The number of rotatable bonds is 10. The number of imidazole rings is 1. The van der Waals surface area contributed by atoms with Crippen molar-refractivity contribution in [3.05, 3.63) is 48.2 Å². The van der Waals surface area contributed by atoms with Crippen LogP contribution in [0, 0.1) is 11.2 Å². The Balaban J connectivity index is 1.57. The summed E-state index contributed by atoms with van der Waals surface area (Å²) in [5.74, 6) is 0.422. The Bertz CT molecular complexity index is 1190. The normalized spacial score (nSPS) is 19.7. The molecule has 10 nitrogen and oxygen atoms in total. The van der Waals surface area contributed by atoms with Crippen LogP contribution < -0.4 is 10.6 Å². The maximum Gasteiger partial charge on any atom is 0.230 e. The fourth-order valence-corrected chi connectivity index (χ4v) is 3.86. The fourth-order valence-electron chi connectivity index (χ4n) is 3.86. The monoisotopic (exact) mass is 512 g/mol. The van der Waals surface area contributed by atoms with Crippen molar-refractivity contribution < 1.29 is 23.4 Å². The van der Waals surface area contributed by atoms with E-state index in [1.165, 1.54) is 12.1 Å². The lowest BCUT2D eigenvalue weighted by molar-refractivity contribution is -0.231. The molecule has 1 fully saturated rings. The van der Waals surface area contributed by atoms with Crippen molar-refractivity contribution in [2.24, 2.45) is 5.41 Å². The molecule has 1 aliphatic rings. The number of carbonyl (C=O) groups is 1. The van der Waals surface area contributed by atoms with E-state index in [0.29, 0.717) is 47.6 Å². The standard InChI is InChI=1S/C26H33FN6O4/c1-16(2)30-25-29-12-10-19(31-25)21-20(17-6-8-18(27)9-7-17)32-22(33-21)23-36-14-26(3,15-37-23)24(34)28-11-5-13-35-4/h6-10,12,16,23H,5,11,13-15H2,1-4H3,(H,28,34)(H,32,33)(H,29,30,31). The number of aromatic amines is 1. The van der Waals surface area contributed by atoms with Gasteiger partial charge in [-0.2, -0.15) is 0 Å². The molecule has 0 saturated carbocycles. The molecule has 0 atom stereocenters. The second-order valence-electron chi connectivity index (χ2n) is 9.53. The summed E-state index contributed by atoms with van der Waals surface area (Å²) in [4.78, 5) is 29.6. The third-order valence-corrected chi connectivity index (χ3v) is 5.86. The molecule has 0 aliphatic carbocycles. The number of carbonyl (C=O) groups excluding carboxylic acids is 1. The lowest BCUT2D eigenvalue weighted by Gasteiger charge is -2.35. The molecule has 198 valence electrons. The van der Waals surface area contributed by atoms with E-state index in [4.69, 9.17) is 19.2 Å². The van der Waals surface area contributed by atoms with Crippen molar-refractivity contribution in [2.75, 3.05) is 38.8 Å². The molecule has 0 unspecified atom stereocenters. The highest BCUT2D eigenvalue weighted by atomic mass is 19.1. The van der Waals surface area contributed by atoms with Gasteiger partial charge in [0.1, 0.15) is 5.82 Å². The van der Waals surface area contributed by atoms with Crippen molar-refractivity contribution in [3.63, 3.8) is 0 Å². The first-order valence-electron chi connectivity index (χ1n) is 12.3. The molecule has 1 aromatic carbocycles. The van der Waals surface area contributed by atoms with Crippen molar-refractivity contribution in [3.8, 4) is 22.6 Å². The number of benzene rings is 1. The Kier molecular flexibility index (Phi) is 8.47. The van der Waals surface area contributed by atoms with Gasteiger partial charge in [-0.25, -0.2) is 19.3 Å². The zero-order valence-corrected chi connectivity index (χ0v) is 21.5. The van der Waals surface area contributed by atoms with Gasteiger partial charge < -0.3 is 29.8 Å². The van der Waals surface area contributed by atoms with E-state index in [9.17, 15) is 9.18 Å². The SMILES string of the molecule is COCCCNC(=O)C1(C)COC(c2nc(-c3ccc(F)cc3)c(-c3ccnc(NC(C)C)n3)[nH]2)OC1. The lowest BCUT2D eigenvalue weighted by Crippen LogP contribution is -2.48. The van der Waals surface area contributed by atoms with Crippen LogP contribution in [0.4, 0.5) is 10.3 Å². The molecule has 0 bridgehead atoms. The maximum atomic E-state index is 13.6. The molecule has 3 N–H and O–H groups in total. The third-order valence-electron chi connectivity index (χ3n) is 5.86. The molecule has 1 saturated heterocycles. The van der Waals surface area contributed by atoms with E-state index in [-0.39, 0.29) is 31.0 Å². The van der Waals surface area contributed by atoms with Crippen LogP contribution in [0.25, 0.3) is 22.6 Å². The molecule has 3 aromatic rings. The van der Waals surface area contributed by atoms with Crippen LogP contribution in [-0.4, -0.2) is 65.4 Å². The second kappa shape index (κ2) is 11.8. The van der Waals surface area contributed by atoms with Crippen LogP contribution in [0.5, 0.6) is 0 Å². The summed E-state index contributed by atoms with van der Waals surface area (Å²) in [6.07, 6.45) is 1.57. The highest BCUT2D eigenvalue weighted by molar-refractivity contribution is 5.82. The number of amides is 1. The summed E-state index contributed by atoms with van der Waals surface area (Å²) in [5.41, 5.74) is 1.66. The quantitative estimate of drug-likeness (QED) is 0.352. The number of H-pyrrole nitrogens is 1. The minimum absolute atomic E-state index is 0.139. The Morgan fingerprint density at radius 2 is 1.95 bits per heavy atom.